The van der Waals surface area contributed by atoms with Crippen LogP contribution in [-0.4, -0.2) is 18.2 Å². The van der Waals surface area contributed by atoms with Crippen molar-refractivity contribution in [3.05, 3.63) is 27.2 Å². The van der Waals surface area contributed by atoms with Gasteiger partial charge in [0.05, 0.1) is 11.3 Å². The average Bonchev–Trinajstić information content (AvgIpc) is 2.44. The van der Waals surface area contributed by atoms with E-state index in [2.05, 4.69) is 15.9 Å². The van der Waals surface area contributed by atoms with Crippen molar-refractivity contribution in [1.29, 1.82) is 0 Å². The lowest BCUT2D eigenvalue weighted by molar-refractivity contribution is -0.114. The molecule has 0 saturated heterocycles. The van der Waals surface area contributed by atoms with Crippen molar-refractivity contribution in [3.8, 4) is 0 Å². The van der Waals surface area contributed by atoms with Crippen LogP contribution in [0.15, 0.2) is 16.6 Å². The maximum Gasteiger partial charge on any atom is 0.299 e. The largest absolute Gasteiger partial charge is 0.304 e. The number of fused-ring (bicyclic) bond motifs is 1. The van der Waals surface area contributed by atoms with Crippen LogP contribution in [0.2, 0.25) is 5.02 Å². The number of anilines is 1. The lowest BCUT2D eigenvalue weighted by atomic mass is 10.1. The molecule has 0 fully saturated rings. The first kappa shape index (κ1) is 11.6. The highest BCUT2D eigenvalue weighted by Gasteiger charge is 2.37. The van der Waals surface area contributed by atoms with E-state index >= 15 is 0 Å². The molecule has 0 atom stereocenters. The Labute approximate surface area is 107 Å². The van der Waals surface area contributed by atoms with Crippen LogP contribution in [0.5, 0.6) is 0 Å². The molecule has 1 aromatic carbocycles. The molecule has 0 spiro atoms. The Balaban J connectivity index is 2.60. The van der Waals surface area contributed by atoms with E-state index in [9.17, 15) is 9.59 Å². The van der Waals surface area contributed by atoms with Gasteiger partial charge in [0.2, 0.25) is 0 Å². The van der Waals surface area contributed by atoms with Gasteiger partial charge in [0.15, 0.2) is 0 Å². The number of hydrogen-bond acceptors (Lipinski definition) is 2. The Kier molecular flexibility index (Phi) is 3.04. The molecule has 0 unspecified atom stereocenters. The van der Waals surface area contributed by atoms with Crippen LogP contribution in [0.1, 0.15) is 23.7 Å². The quantitative estimate of drug-likeness (QED) is 0.788. The topological polar surface area (TPSA) is 37.4 Å². The van der Waals surface area contributed by atoms with Gasteiger partial charge in [0, 0.05) is 16.0 Å². The third-order valence-electron chi connectivity index (χ3n) is 2.43. The Morgan fingerprint density at radius 3 is 2.69 bits per heavy atom. The third-order valence-corrected chi connectivity index (χ3v) is 3.25. The first-order valence-electron chi connectivity index (χ1n) is 4.91. The van der Waals surface area contributed by atoms with Gasteiger partial charge in [0.1, 0.15) is 0 Å². The zero-order valence-corrected chi connectivity index (χ0v) is 10.9. The molecule has 1 aliphatic heterocycles. The molecule has 0 saturated carbocycles. The number of carbonyl (C=O) groups excluding carboxylic acids is 2. The number of benzene rings is 1. The van der Waals surface area contributed by atoms with Crippen LogP contribution in [0, 0.1) is 0 Å². The second-order valence-electron chi connectivity index (χ2n) is 3.57. The average molecular weight is 303 g/mol. The van der Waals surface area contributed by atoms with E-state index in [0.717, 1.165) is 6.42 Å². The van der Waals surface area contributed by atoms with Crippen LogP contribution in [0.4, 0.5) is 5.69 Å². The molecule has 2 rings (SSSR count). The second-order valence-corrected chi connectivity index (χ2v) is 4.86. The van der Waals surface area contributed by atoms with Crippen LogP contribution in [-0.2, 0) is 4.79 Å². The van der Waals surface area contributed by atoms with E-state index in [-0.39, 0.29) is 0 Å². The molecular formula is C11H9BrClNO2. The molecule has 0 bridgehead atoms. The van der Waals surface area contributed by atoms with Gasteiger partial charge in [-0.3, -0.25) is 9.59 Å². The van der Waals surface area contributed by atoms with Crippen LogP contribution in [0.3, 0.4) is 0 Å². The molecule has 0 aliphatic carbocycles. The van der Waals surface area contributed by atoms with Gasteiger partial charge in [-0.1, -0.05) is 18.5 Å². The maximum atomic E-state index is 11.7. The van der Waals surface area contributed by atoms with E-state index in [1.165, 1.54) is 11.0 Å². The molecule has 1 aromatic rings. The molecule has 1 aliphatic rings. The number of nitrogens with zero attached hydrogens (tertiary/aromatic N) is 1. The van der Waals surface area contributed by atoms with E-state index in [1.807, 2.05) is 6.92 Å². The molecule has 3 nitrogen and oxygen atoms in total. The number of Topliss-reactive ketones (excluding diaryl/α,β-unsaturated/α-hetero) is 1. The number of halogens is 2. The molecular weight excluding hydrogens is 293 g/mol. The van der Waals surface area contributed by atoms with Gasteiger partial charge in [-0.15, -0.1) is 0 Å². The number of hydrogen-bond donors (Lipinski definition) is 0. The zero-order valence-electron chi connectivity index (χ0n) is 8.59. The minimum Gasteiger partial charge on any atom is -0.304 e. The predicted molar refractivity (Wildman–Crippen MR) is 66.1 cm³/mol. The zero-order chi connectivity index (χ0) is 11.9. The minimum atomic E-state index is -0.480. The summed E-state index contributed by atoms with van der Waals surface area (Å²) in [6, 6.07) is 3.23. The number of rotatable bonds is 2. The summed E-state index contributed by atoms with van der Waals surface area (Å²) in [7, 11) is 0. The monoisotopic (exact) mass is 301 g/mol. The molecule has 84 valence electrons. The summed E-state index contributed by atoms with van der Waals surface area (Å²) in [6.07, 6.45) is 0.799. The van der Waals surface area contributed by atoms with Crippen molar-refractivity contribution in [2.24, 2.45) is 0 Å². The van der Waals surface area contributed by atoms with E-state index < -0.39 is 11.7 Å². The number of ketones is 1. The van der Waals surface area contributed by atoms with Crippen LogP contribution < -0.4 is 4.90 Å². The molecule has 1 amide bonds. The van der Waals surface area contributed by atoms with Crippen LogP contribution in [0.25, 0.3) is 0 Å². The maximum absolute atomic E-state index is 11.7. The summed E-state index contributed by atoms with van der Waals surface area (Å²) >= 11 is 9.19. The first-order chi connectivity index (χ1) is 7.56. The first-order valence-corrected chi connectivity index (χ1v) is 6.08. The lowest BCUT2D eigenvalue weighted by Crippen LogP contribution is -2.30. The molecule has 0 N–H and O–H groups in total. The van der Waals surface area contributed by atoms with Crippen molar-refractivity contribution in [1.82, 2.24) is 0 Å². The van der Waals surface area contributed by atoms with Gasteiger partial charge in [-0.05, 0) is 34.5 Å². The van der Waals surface area contributed by atoms with Gasteiger partial charge >= 0.3 is 0 Å². The Bertz CT molecular complexity index is 487. The number of carbonyl (C=O) groups is 2. The van der Waals surface area contributed by atoms with Crippen molar-refractivity contribution < 1.29 is 9.59 Å². The van der Waals surface area contributed by atoms with E-state index in [4.69, 9.17) is 11.6 Å². The smallest absolute Gasteiger partial charge is 0.299 e. The van der Waals surface area contributed by atoms with Crippen molar-refractivity contribution in [2.75, 3.05) is 11.4 Å². The van der Waals surface area contributed by atoms with Crippen LogP contribution >= 0.6 is 27.5 Å². The van der Waals surface area contributed by atoms with Gasteiger partial charge < -0.3 is 4.90 Å². The Morgan fingerprint density at radius 1 is 1.38 bits per heavy atom. The van der Waals surface area contributed by atoms with Gasteiger partial charge in [-0.2, -0.15) is 0 Å². The van der Waals surface area contributed by atoms with Crippen molar-refractivity contribution in [2.45, 2.75) is 13.3 Å². The van der Waals surface area contributed by atoms with Crippen molar-refractivity contribution >= 4 is 44.9 Å². The summed E-state index contributed by atoms with van der Waals surface area (Å²) < 4.78 is 0.683. The van der Waals surface area contributed by atoms with Crippen molar-refractivity contribution in [3.63, 3.8) is 0 Å². The molecule has 16 heavy (non-hydrogen) atoms. The second kappa shape index (κ2) is 4.18. The fraction of sp³-hybridized carbons (Fsp3) is 0.273. The minimum absolute atomic E-state index is 0.387. The van der Waals surface area contributed by atoms with Gasteiger partial charge in [0.25, 0.3) is 11.7 Å². The summed E-state index contributed by atoms with van der Waals surface area (Å²) in [5.41, 5.74) is 1.03. The molecule has 0 aromatic heterocycles. The molecule has 5 heteroatoms. The summed E-state index contributed by atoms with van der Waals surface area (Å²) in [4.78, 5) is 24.9. The Hall–Kier alpha value is -0.870. The summed E-state index contributed by atoms with van der Waals surface area (Å²) in [5, 5.41) is 0.449. The standard InChI is InChI=1S/C11H9BrClNO2/c1-2-3-14-9-7(10(15)11(14)16)4-6(13)5-8(9)12/h4-5H,2-3H2,1H3. The Morgan fingerprint density at radius 2 is 2.06 bits per heavy atom. The van der Waals surface area contributed by atoms with Gasteiger partial charge in [-0.25, -0.2) is 0 Å². The summed E-state index contributed by atoms with van der Waals surface area (Å²) in [5.74, 6) is -0.952. The lowest BCUT2D eigenvalue weighted by Gasteiger charge is -2.16. The molecule has 1 heterocycles. The highest BCUT2D eigenvalue weighted by molar-refractivity contribution is 9.10. The highest BCUT2D eigenvalue weighted by Crippen LogP contribution is 2.38. The fourth-order valence-corrected chi connectivity index (χ4v) is 2.81. The van der Waals surface area contributed by atoms with E-state index in [0.29, 0.717) is 27.3 Å². The normalized spacial score (nSPS) is 14.6. The number of amides is 1. The van der Waals surface area contributed by atoms with E-state index in [1.54, 1.807) is 6.07 Å². The SMILES string of the molecule is CCCN1C(=O)C(=O)c2cc(Cl)cc(Br)c21. The predicted octanol–water partition coefficient (Wildman–Crippen LogP) is 3.04. The highest BCUT2D eigenvalue weighted by atomic mass is 79.9. The molecule has 0 radical (unpaired) electrons. The summed E-state index contributed by atoms with van der Waals surface area (Å²) in [6.45, 7) is 2.50. The fourth-order valence-electron chi connectivity index (χ4n) is 1.79. The third kappa shape index (κ3) is 1.66.